The predicted octanol–water partition coefficient (Wildman–Crippen LogP) is 2.57. The maximum absolute atomic E-state index is 5.13. The Morgan fingerprint density at radius 1 is 1.29 bits per heavy atom. The minimum Gasteiger partial charge on any atom is -0.481 e. The van der Waals surface area contributed by atoms with Crippen molar-refractivity contribution in [2.75, 3.05) is 13.7 Å². The first kappa shape index (κ1) is 13.9. The number of nitrogens with zero attached hydrogens (tertiary/aromatic N) is 2. The molecule has 0 saturated heterocycles. The van der Waals surface area contributed by atoms with Gasteiger partial charge in [-0.15, -0.1) is 0 Å². The van der Waals surface area contributed by atoms with E-state index >= 15 is 0 Å². The zero-order valence-corrected chi connectivity index (χ0v) is 11.2. The van der Waals surface area contributed by atoms with Gasteiger partial charge in [-0.25, -0.2) is 9.97 Å². The fraction of sp³-hybridized carbons (Fsp3) is 0.692. The Labute approximate surface area is 104 Å². The van der Waals surface area contributed by atoms with Gasteiger partial charge in [0.05, 0.1) is 12.8 Å². The summed E-state index contributed by atoms with van der Waals surface area (Å²) in [4.78, 5) is 8.37. The molecular formula is C13H23N3O. The highest BCUT2D eigenvalue weighted by Gasteiger charge is 2.13. The molecule has 1 rings (SSSR count). The lowest BCUT2D eigenvalue weighted by Crippen LogP contribution is -2.22. The van der Waals surface area contributed by atoms with Gasteiger partial charge < -0.3 is 10.1 Å². The zero-order valence-electron chi connectivity index (χ0n) is 11.2. The van der Waals surface area contributed by atoms with E-state index in [1.807, 2.05) is 6.07 Å². The monoisotopic (exact) mass is 237 g/mol. The largest absolute Gasteiger partial charge is 0.481 e. The third kappa shape index (κ3) is 4.69. The number of nitrogens with one attached hydrogen (secondary N) is 1. The van der Waals surface area contributed by atoms with Gasteiger partial charge in [0, 0.05) is 12.1 Å². The van der Waals surface area contributed by atoms with Crippen LogP contribution in [0, 0.1) is 5.92 Å². The van der Waals surface area contributed by atoms with Crippen LogP contribution in [0.1, 0.15) is 45.3 Å². The van der Waals surface area contributed by atoms with Crippen LogP contribution in [0.4, 0.5) is 0 Å². The molecule has 1 heterocycles. The van der Waals surface area contributed by atoms with E-state index in [1.54, 1.807) is 13.4 Å². The number of hydrogen-bond acceptors (Lipinski definition) is 4. The molecule has 4 nitrogen and oxygen atoms in total. The van der Waals surface area contributed by atoms with Crippen LogP contribution in [0.3, 0.4) is 0 Å². The molecule has 96 valence electrons. The lowest BCUT2D eigenvalue weighted by atomic mass is 10.0. The summed E-state index contributed by atoms with van der Waals surface area (Å²) >= 11 is 0. The molecule has 0 saturated carbocycles. The molecule has 0 amide bonds. The SMILES string of the molecule is CCNC(CCC(C)C)c1cc(OC)ncn1. The number of hydrogen-bond donors (Lipinski definition) is 1. The first-order chi connectivity index (χ1) is 8.17. The fourth-order valence-corrected chi connectivity index (χ4v) is 1.76. The summed E-state index contributed by atoms with van der Waals surface area (Å²) in [5.41, 5.74) is 1.01. The summed E-state index contributed by atoms with van der Waals surface area (Å²) in [6, 6.07) is 2.20. The zero-order chi connectivity index (χ0) is 12.7. The molecule has 0 radical (unpaired) electrons. The van der Waals surface area contributed by atoms with Crippen LogP contribution in [0.15, 0.2) is 12.4 Å². The molecule has 1 aromatic rings. The highest BCUT2D eigenvalue weighted by Crippen LogP contribution is 2.21. The van der Waals surface area contributed by atoms with E-state index in [9.17, 15) is 0 Å². The molecule has 0 aliphatic rings. The second kappa shape index (κ2) is 7.22. The number of aromatic nitrogens is 2. The van der Waals surface area contributed by atoms with Gasteiger partial charge in [-0.1, -0.05) is 20.8 Å². The Bertz CT molecular complexity index is 328. The first-order valence-corrected chi connectivity index (χ1v) is 6.26. The van der Waals surface area contributed by atoms with Crippen LogP contribution in [-0.4, -0.2) is 23.6 Å². The Morgan fingerprint density at radius 3 is 2.65 bits per heavy atom. The molecule has 0 aliphatic carbocycles. The quantitative estimate of drug-likeness (QED) is 0.791. The van der Waals surface area contributed by atoms with Crippen molar-refractivity contribution in [2.45, 2.75) is 39.7 Å². The normalized spacial score (nSPS) is 12.8. The molecule has 17 heavy (non-hydrogen) atoms. The molecule has 0 spiro atoms. The Balaban J connectivity index is 2.73. The van der Waals surface area contributed by atoms with Gasteiger partial charge in [-0.2, -0.15) is 0 Å². The molecule has 1 N–H and O–H groups in total. The van der Waals surface area contributed by atoms with Gasteiger partial charge in [-0.05, 0) is 25.3 Å². The Hall–Kier alpha value is -1.16. The molecule has 1 atom stereocenters. The fourth-order valence-electron chi connectivity index (χ4n) is 1.76. The Kier molecular flexibility index (Phi) is 5.91. The summed E-state index contributed by atoms with van der Waals surface area (Å²) in [7, 11) is 1.63. The first-order valence-electron chi connectivity index (χ1n) is 6.26. The lowest BCUT2D eigenvalue weighted by Gasteiger charge is -2.18. The minimum absolute atomic E-state index is 0.291. The van der Waals surface area contributed by atoms with E-state index in [0.717, 1.165) is 18.7 Å². The molecular weight excluding hydrogens is 214 g/mol. The summed E-state index contributed by atoms with van der Waals surface area (Å²) in [6.07, 6.45) is 3.84. The van der Waals surface area contributed by atoms with Gasteiger partial charge in [0.2, 0.25) is 5.88 Å². The number of rotatable bonds is 7. The predicted molar refractivity (Wildman–Crippen MR) is 69.1 cm³/mol. The van der Waals surface area contributed by atoms with Gasteiger partial charge >= 0.3 is 0 Å². The third-order valence-electron chi connectivity index (χ3n) is 2.71. The number of ether oxygens (including phenoxy) is 1. The van der Waals surface area contributed by atoms with Crippen molar-refractivity contribution in [3.63, 3.8) is 0 Å². The maximum Gasteiger partial charge on any atom is 0.216 e. The van der Waals surface area contributed by atoms with Gasteiger partial charge in [-0.3, -0.25) is 0 Å². The molecule has 1 aromatic heterocycles. The average molecular weight is 237 g/mol. The second-order valence-electron chi connectivity index (χ2n) is 4.57. The van der Waals surface area contributed by atoms with E-state index in [-0.39, 0.29) is 0 Å². The second-order valence-corrected chi connectivity index (χ2v) is 4.57. The van der Waals surface area contributed by atoms with Crippen molar-refractivity contribution in [2.24, 2.45) is 5.92 Å². The van der Waals surface area contributed by atoms with Crippen molar-refractivity contribution in [1.29, 1.82) is 0 Å². The standard InChI is InChI=1S/C13H23N3O/c1-5-14-11(7-6-10(2)3)12-8-13(17-4)16-9-15-12/h8-11,14H,5-7H2,1-4H3. The summed E-state index contributed by atoms with van der Waals surface area (Å²) in [5.74, 6) is 1.34. The average Bonchev–Trinajstić information content (AvgIpc) is 2.34. The molecule has 4 heteroatoms. The molecule has 0 aliphatic heterocycles. The van der Waals surface area contributed by atoms with Crippen LogP contribution in [0.25, 0.3) is 0 Å². The lowest BCUT2D eigenvalue weighted by molar-refractivity contribution is 0.391. The molecule has 0 aromatic carbocycles. The maximum atomic E-state index is 5.13. The van der Waals surface area contributed by atoms with Crippen molar-refractivity contribution < 1.29 is 4.74 Å². The van der Waals surface area contributed by atoms with E-state index in [1.165, 1.54) is 6.42 Å². The highest BCUT2D eigenvalue weighted by atomic mass is 16.5. The van der Waals surface area contributed by atoms with E-state index < -0.39 is 0 Å². The van der Waals surface area contributed by atoms with Crippen LogP contribution in [0.2, 0.25) is 0 Å². The van der Waals surface area contributed by atoms with E-state index in [0.29, 0.717) is 17.8 Å². The highest BCUT2D eigenvalue weighted by molar-refractivity contribution is 5.16. The summed E-state index contributed by atoms with van der Waals surface area (Å²) < 4.78 is 5.13. The van der Waals surface area contributed by atoms with Crippen LogP contribution < -0.4 is 10.1 Å². The van der Waals surface area contributed by atoms with Crippen molar-refractivity contribution in [3.8, 4) is 5.88 Å². The van der Waals surface area contributed by atoms with E-state index in [2.05, 4.69) is 36.1 Å². The molecule has 0 fully saturated rings. The van der Waals surface area contributed by atoms with Crippen LogP contribution in [0.5, 0.6) is 5.88 Å². The van der Waals surface area contributed by atoms with E-state index in [4.69, 9.17) is 4.74 Å². The van der Waals surface area contributed by atoms with Crippen LogP contribution in [-0.2, 0) is 0 Å². The smallest absolute Gasteiger partial charge is 0.216 e. The van der Waals surface area contributed by atoms with Crippen LogP contribution >= 0.6 is 0 Å². The Morgan fingerprint density at radius 2 is 2.06 bits per heavy atom. The number of methoxy groups -OCH3 is 1. The van der Waals surface area contributed by atoms with Gasteiger partial charge in [0.15, 0.2) is 0 Å². The topological polar surface area (TPSA) is 47.0 Å². The molecule has 0 bridgehead atoms. The summed E-state index contributed by atoms with van der Waals surface area (Å²) in [5, 5.41) is 3.46. The van der Waals surface area contributed by atoms with Gasteiger partial charge in [0.25, 0.3) is 0 Å². The van der Waals surface area contributed by atoms with Gasteiger partial charge in [0.1, 0.15) is 6.33 Å². The minimum atomic E-state index is 0.291. The molecule has 1 unspecified atom stereocenters. The third-order valence-corrected chi connectivity index (χ3v) is 2.71. The van der Waals surface area contributed by atoms with Crippen molar-refractivity contribution in [3.05, 3.63) is 18.1 Å². The van der Waals surface area contributed by atoms with Crippen molar-refractivity contribution >= 4 is 0 Å². The van der Waals surface area contributed by atoms with Crippen molar-refractivity contribution in [1.82, 2.24) is 15.3 Å². The summed E-state index contributed by atoms with van der Waals surface area (Å²) in [6.45, 7) is 7.53.